The molecule has 2 heterocycles. The van der Waals surface area contributed by atoms with Gasteiger partial charge in [-0.2, -0.15) is 0 Å². The standard InChI is InChI=1S/C12H22N4O/c1-12(2,3)11-15-14-10(17-11)9-16-7-4-5-13-6-8-16/h13H,4-9H2,1-3H3. The highest BCUT2D eigenvalue weighted by Crippen LogP contribution is 2.20. The van der Waals surface area contributed by atoms with Gasteiger partial charge < -0.3 is 9.73 Å². The highest BCUT2D eigenvalue weighted by atomic mass is 16.4. The number of hydrogen-bond donors (Lipinski definition) is 1. The molecule has 0 unspecified atom stereocenters. The van der Waals surface area contributed by atoms with Crippen LogP contribution in [-0.2, 0) is 12.0 Å². The van der Waals surface area contributed by atoms with E-state index in [1.807, 2.05) is 0 Å². The average molecular weight is 238 g/mol. The molecule has 0 aliphatic carbocycles. The first kappa shape index (κ1) is 12.5. The van der Waals surface area contributed by atoms with Gasteiger partial charge in [0.2, 0.25) is 11.8 Å². The van der Waals surface area contributed by atoms with E-state index in [0.29, 0.717) is 0 Å². The Hall–Kier alpha value is -0.940. The van der Waals surface area contributed by atoms with Crippen molar-refractivity contribution in [2.24, 2.45) is 0 Å². The lowest BCUT2D eigenvalue weighted by Crippen LogP contribution is -2.27. The fourth-order valence-corrected chi connectivity index (χ4v) is 1.87. The van der Waals surface area contributed by atoms with Crippen molar-refractivity contribution in [2.75, 3.05) is 26.2 Å². The average Bonchev–Trinajstić information content (AvgIpc) is 2.56. The molecule has 0 bridgehead atoms. The Bertz CT molecular complexity index is 348. The molecule has 0 aromatic carbocycles. The van der Waals surface area contributed by atoms with Gasteiger partial charge >= 0.3 is 0 Å². The lowest BCUT2D eigenvalue weighted by Gasteiger charge is -2.16. The molecule has 1 aliphatic rings. The number of rotatable bonds is 2. The molecular weight excluding hydrogens is 216 g/mol. The van der Waals surface area contributed by atoms with Crippen molar-refractivity contribution in [3.8, 4) is 0 Å². The predicted octanol–water partition coefficient (Wildman–Crippen LogP) is 1.16. The molecule has 5 heteroatoms. The Balaban J connectivity index is 1.96. The van der Waals surface area contributed by atoms with Crippen LogP contribution in [0, 0.1) is 0 Å². The Labute approximate surface area is 103 Å². The molecule has 1 N–H and O–H groups in total. The minimum absolute atomic E-state index is 0.0639. The zero-order valence-corrected chi connectivity index (χ0v) is 11.0. The summed E-state index contributed by atoms with van der Waals surface area (Å²) in [5.41, 5.74) is -0.0639. The molecule has 1 aromatic heterocycles. The molecule has 0 spiro atoms. The normalized spacial score (nSPS) is 19.2. The van der Waals surface area contributed by atoms with Gasteiger partial charge in [-0.05, 0) is 19.5 Å². The summed E-state index contributed by atoms with van der Waals surface area (Å²) in [4.78, 5) is 2.36. The highest BCUT2D eigenvalue weighted by molar-refractivity contribution is 4.96. The van der Waals surface area contributed by atoms with E-state index in [-0.39, 0.29) is 5.41 Å². The first-order valence-electron chi connectivity index (χ1n) is 6.31. The molecule has 0 atom stereocenters. The van der Waals surface area contributed by atoms with Crippen LogP contribution in [0.1, 0.15) is 39.0 Å². The first-order valence-corrected chi connectivity index (χ1v) is 6.31. The van der Waals surface area contributed by atoms with Crippen molar-refractivity contribution in [3.63, 3.8) is 0 Å². The van der Waals surface area contributed by atoms with Crippen LogP contribution < -0.4 is 5.32 Å². The van der Waals surface area contributed by atoms with Crippen LogP contribution >= 0.6 is 0 Å². The number of nitrogens with one attached hydrogen (secondary N) is 1. The molecule has 1 fully saturated rings. The Morgan fingerprint density at radius 2 is 2.06 bits per heavy atom. The lowest BCUT2D eigenvalue weighted by atomic mass is 9.97. The van der Waals surface area contributed by atoms with Gasteiger partial charge in [0.05, 0.1) is 6.54 Å². The molecule has 5 nitrogen and oxygen atoms in total. The van der Waals surface area contributed by atoms with E-state index in [4.69, 9.17) is 4.42 Å². The second-order valence-corrected chi connectivity index (χ2v) is 5.63. The van der Waals surface area contributed by atoms with Gasteiger partial charge in [-0.3, -0.25) is 4.90 Å². The topological polar surface area (TPSA) is 54.2 Å². The summed E-state index contributed by atoms with van der Waals surface area (Å²) in [5, 5.41) is 11.6. The molecule has 0 radical (unpaired) electrons. The minimum Gasteiger partial charge on any atom is -0.423 e. The van der Waals surface area contributed by atoms with Gasteiger partial charge in [-0.1, -0.05) is 20.8 Å². The molecule has 17 heavy (non-hydrogen) atoms. The molecule has 1 aliphatic heterocycles. The molecular formula is C12H22N4O. The van der Waals surface area contributed by atoms with Crippen LogP contribution in [-0.4, -0.2) is 41.3 Å². The largest absolute Gasteiger partial charge is 0.423 e. The van der Waals surface area contributed by atoms with Crippen LogP contribution in [0.4, 0.5) is 0 Å². The number of hydrogen-bond acceptors (Lipinski definition) is 5. The van der Waals surface area contributed by atoms with E-state index in [1.165, 1.54) is 6.42 Å². The van der Waals surface area contributed by atoms with E-state index < -0.39 is 0 Å². The zero-order chi connectivity index (χ0) is 12.3. The van der Waals surface area contributed by atoms with Crippen molar-refractivity contribution in [1.29, 1.82) is 0 Å². The van der Waals surface area contributed by atoms with Gasteiger partial charge in [0.1, 0.15) is 0 Å². The maximum absolute atomic E-state index is 5.71. The summed E-state index contributed by atoms with van der Waals surface area (Å²) >= 11 is 0. The van der Waals surface area contributed by atoms with Crippen molar-refractivity contribution >= 4 is 0 Å². The van der Waals surface area contributed by atoms with Gasteiger partial charge in [0.25, 0.3) is 0 Å². The SMILES string of the molecule is CC(C)(C)c1nnc(CN2CCCNCC2)o1. The Kier molecular flexibility index (Phi) is 3.79. The monoisotopic (exact) mass is 238 g/mol. The Morgan fingerprint density at radius 1 is 1.24 bits per heavy atom. The summed E-state index contributed by atoms with van der Waals surface area (Å²) in [6, 6.07) is 0. The summed E-state index contributed by atoms with van der Waals surface area (Å²) < 4.78 is 5.71. The van der Waals surface area contributed by atoms with E-state index in [2.05, 4.69) is 41.2 Å². The van der Waals surface area contributed by atoms with E-state index in [1.54, 1.807) is 0 Å². The maximum atomic E-state index is 5.71. The third-order valence-corrected chi connectivity index (χ3v) is 2.90. The molecule has 0 saturated carbocycles. The van der Waals surface area contributed by atoms with Crippen LogP contribution in [0.3, 0.4) is 0 Å². The summed E-state index contributed by atoms with van der Waals surface area (Å²) in [5.74, 6) is 1.46. The van der Waals surface area contributed by atoms with Gasteiger partial charge in [0, 0.05) is 18.5 Å². The van der Waals surface area contributed by atoms with E-state index in [0.717, 1.165) is 44.5 Å². The number of nitrogens with zero attached hydrogens (tertiary/aromatic N) is 3. The zero-order valence-electron chi connectivity index (χ0n) is 11.0. The van der Waals surface area contributed by atoms with Crippen LogP contribution in [0.2, 0.25) is 0 Å². The summed E-state index contributed by atoms with van der Waals surface area (Å²) in [6.45, 7) is 11.3. The van der Waals surface area contributed by atoms with Crippen molar-refractivity contribution in [2.45, 2.75) is 39.2 Å². The fourth-order valence-electron chi connectivity index (χ4n) is 1.87. The smallest absolute Gasteiger partial charge is 0.230 e. The second-order valence-electron chi connectivity index (χ2n) is 5.63. The predicted molar refractivity (Wildman–Crippen MR) is 65.8 cm³/mol. The van der Waals surface area contributed by atoms with Gasteiger partial charge in [-0.15, -0.1) is 10.2 Å². The molecule has 2 rings (SSSR count). The molecule has 1 saturated heterocycles. The first-order chi connectivity index (χ1) is 8.05. The summed E-state index contributed by atoms with van der Waals surface area (Å²) in [7, 11) is 0. The molecule has 1 aromatic rings. The number of aromatic nitrogens is 2. The second kappa shape index (κ2) is 5.14. The van der Waals surface area contributed by atoms with Crippen LogP contribution in [0.25, 0.3) is 0 Å². The maximum Gasteiger partial charge on any atom is 0.230 e. The molecule has 96 valence electrons. The van der Waals surface area contributed by atoms with Crippen LogP contribution in [0.15, 0.2) is 4.42 Å². The summed E-state index contributed by atoms with van der Waals surface area (Å²) in [6.07, 6.45) is 1.18. The Morgan fingerprint density at radius 3 is 2.76 bits per heavy atom. The minimum atomic E-state index is -0.0639. The molecule has 0 amide bonds. The van der Waals surface area contributed by atoms with Crippen molar-refractivity contribution in [3.05, 3.63) is 11.8 Å². The van der Waals surface area contributed by atoms with Gasteiger partial charge in [-0.25, -0.2) is 0 Å². The quantitative estimate of drug-likeness (QED) is 0.838. The van der Waals surface area contributed by atoms with E-state index in [9.17, 15) is 0 Å². The third-order valence-electron chi connectivity index (χ3n) is 2.90. The highest BCUT2D eigenvalue weighted by Gasteiger charge is 2.22. The fraction of sp³-hybridized carbons (Fsp3) is 0.833. The van der Waals surface area contributed by atoms with Gasteiger partial charge in [0.15, 0.2) is 0 Å². The lowest BCUT2D eigenvalue weighted by molar-refractivity contribution is 0.246. The van der Waals surface area contributed by atoms with E-state index >= 15 is 0 Å². The van der Waals surface area contributed by atoms with Crippen LogP contribution in [0.5, 0.6) is 0 Å². The van der Waals surface area contributed by atoms with Crippen molar-refractivity contribution < 1.29 is 4.42 Å². The third kappa shape index (κ3) is 3.51. The van der Waals surface area contributed by atoms with Crippen molar-refractivity contribution in [1.82, 2.24) is 20.4 Å².